The van der Waals surface area contributed by atoms with E-state index < -0.39 is 5.91 Å². The van der Waals surface area contributed by atoms with Crippen molar-refractivity contribution >= 4 is 41.8 Å². The maximum atomic E-state index is 11.9. The molecule has 0 unspecified atom stereocenters. The van der Waals surface area contributed by atoms with Crippen molar-refractivity contribution in [2.45, 2.75) is 13.5 Å². The lowest BCUT2D eigenvalue weighted by molar-refractivity contribution is -0.122. The lowest BCUT2D eigenvalue weighted by Crippen LogP contribution is -2.54. The number of halogens is 1. The summed E-state index contributed by atoms with van der Waals surface area (Å²) in [6, 6.07) is 3.25. The van der Waals surface area contributed by atoms with Crippen LogP contribution in [-0.4, -0.2) is 87.1 Å². The normalized spacial score (nSPS) is 15.0. The summed E-state index contributed by atoms with van der Waals surface area (Å²) >= 11 is 0. The Hall–Kier alpha value is -1.86. The number of ether oxygens (including phenoxy) is 1. The van der Waals surface area contributed by atoms with Gasteiger partial charge in [0.15, 0.2) is 11.7 Å². The van der Waals surface area contributed by atoms with Gasteiger partial charge < -0.3 is 30.4 Å². The van der Waals surface area contributed by atoms with E-state index in [4.69, 9.17) is 14.9 Å². The summed E-state index contributed by atoms with van der Waals surface area (Å²) in [6.07, 6.45) is 0. The molecular formula is C18H31IN6O4. The molecule has 2 amide bonds. The molecule has 0 radical (unpaired) electrons. The molecule has 164 valence electrons. The zero-order chi connectivity index (χ0) is 20.4. The molecule has 2 heterocycles. The second-order valence-corrected chi connectivity index (χ2v) is 6.41. The number of furan rings is 1. The lowest BCUT2D eigenvalue weighted by Gasteiger charge is -2.36. The minimum absolute atomic E-state index is 0. The van der Waals surface area contributed by atoms with Gasteiger partial charge in [-0.05, 0) is 19.1 Å². The molecule has 29 heavy (non-hydrogen) atoms. The molecule has 1 aromatic rings. The second-order valence-electron chi connectivity index (χ2n) is 6.41. The number of primary amides is 1. The summed E-state index contributed by atoms with van der Waals surface area (Å²) in [7, 11) is 1.61. The number of hydrogen-bond donors (Lipinski definition) is 3. The summed E-state index contributed by atoms with van der Waals surface area (Å²) < 4.78 is 10.3. The van der Waals surface area contributed by atoms with Gasteiger partial charge in [0.2, 0.25) is 5.91 Å². The predicted molar refractivity (Wildman–Crippen MR) is 120 cm³/mol. The van der Waals surface area contributed by atoms with E-state index in [2.05, 4.69) is 25.4 Å². The van der Waals surface area contributed by atoms with Crippen LogP contribution in [0, 0.1) is 0 Å². The highest BCUT2D eigenvalue weighted by Gasteiger charge is 2.21. The Balaban J connectivity index is 0.00000420. The maximum Gasteiger partial charge on any atom is 0.284 e. The fraction of sp³-hybridized carbons (Fsp3) is 0.611. The number of nitrogens with one attached hydrogen (secondary N) is 2. The Morgan fingerprint density at radius 1 is 1.24 bits per heavy atom. The van der Waals surface area contributed by atoms with E-state index in [1.807, 2.05) is 6.92 Å². The largest absolute Gasteiger partial charge is 0.454 e. The minimum atomic E-state index is -0.593. The number of nitrogens with two attached hydrogens (primary N) is 1. The third-order valence-electron chi connectivity index (χ3n) is 4.29. The van der Waals surface area contributed by atoms with Gasteiger partial charge in [0.25, 0.3) is 5.91 Å². The van der Waals surface area contributed by atoms with Gasteiger partial charge in [-0.3, -0.25) is 14.5 Å². The van der Waals surface area contributed by atoms with Gasteiger partial charge in [0.1, 0.15) is 12.3 Å². The second kappa shape index (κ2) is 13.4. The molecule has 0 atom stereocenters. The van der Waals surface area contributed by atoms with E-state index >= 15 is 0 Å². The summed E-state index contributed by atoms with van der Waals surface area (Å²) in [6.45, 7) is 7.56. The number of rotatable bonds is 9. The van der Waals surface area contributed by atoms with Crippen molar-refractivity contribution in [3.63, 3.8) is 0 Å². The average Bonchev–Trinajstić information content (AvgIpc) is 3.15. The van der Waals surface area contributed by atoms with Crippen molar-refractivity contribution < 1.29 is 18.7 Å². The molecule has 2 rings (SSSR count). The van der Waals surface area contributed by atoms with Crippen LogP contribution >= 0.6 is 24.0 Å². The van der Waals surface area contributed by atoms with Crippen LogP contribution in [0.4, 0.5) is 0 Å². The smallest absolute Gasteiger partial charge is 0.284 e. The highest BCUT2D eigenvalue weighted by atomic mass is 127. The molecule has 0 saturated carbocycles. The number of piperazine rings is 1. The fourth-order valence-corrected chi connectivity index (χ4v) is 2.84. The topological polar surface area (TPSA) is 125 Å². The average molecular weight is 522 g/mol. The van der Waals surface area contributed by atoms with E-state index in [9.17, 15) is 9.59 Å². The SMILES string of the molecule is CCNC(=NCc1ccc(C(N)=O)o1)N1CCN(CC(=O)NCCOC)CC1.I. The van der Waals surface area contributed by atoms with Crippen LogP contribution in [0.3, 0.4) is 0 Å². The van der Waals surface area contributed by atoms with E-state index in [1.165, 1.54) is 0 Å². The Morgan fingerprint density at radius 2 is 1.97 bits per heavy atom. The van der Waals surface area contributed by atoms with Gasteiger partial charge in [0, 0.05) is 46.4 Å². The Labute approximate surface area is 188 Å². The molecular weight excluding hydrogens is 491 g/mol. The van der Waals surface area contributed by atoms with Crippen molar-refractivity contribution in [1.29, 1.82) is 0 Å². The maximum absolute atomic E-state index is 11.9. The molecule has 1 saturated heterocycles. The number of hydrogen-bond acceptors (Lipinski definition) is 6. The lowest BCUT2D eigenvalue weighted by atomic mass is 10.3. The van der Waals surface area contributed by atoms with Crippen molar-refractivity contribution in [3.8, 4) is 0 Å². The van der Waals surface area contributed by atoms with Crippen LogP contribution in [0.1, 0.15) is 23.2 Å². The quantitative estimate of drug-likeness (QED) is 0.178. The zero-order valence-corrected chi connectivity index (χ0v) is 19.3. The molecule has 1 aromatic heterocycles. The van der Waals surface area contributed by atoms with Crippen LogP contribution in [-0.2, 0) is 16.1 Å². The van der Waals surface area contributed by atoms with Crippen molar-refractivity contribution in [2.75, 3.05) is 59.5 Å². The van der Waals surface area contributed by atoms with Crippen molar-refractivity contribution in [2.24, 2.45) is 10.7 Å². The van der Waals surface area contributed by atoms with Crippen LogP contribution in [0.15, 0.2) is 21.5 Å². The molecule has 1 aliphatic rings. The van der Waals surface area contributed by atoms with Gasteiger partial charge in [-0.15, -0.1) is 24.0 Å². The monoisotopic (exact) mass is 522 g/mol. The van der Waals surface area contributed by atoms with Crippen LogP contribution in [0.5, 0.6) is 0 Å². The third kappa shape index (κ3) is 8.58. The first-order chi connectivity index (χ1) is 13.5. The molecule has 0 spiro atoms. The first kappa shape index (κ1) is 25.2. The van der Waals surface area contributed by atoms with E-state index in [-0.39, 0.29) is 35.6 Å². The van der Waals surface area contributed by atoms with E-state index in [1.54, 1.807) is 19.2 Å². The zero-order valence-electron chi connectivity index (χ0n) is 17.0. The Kier molecular flexibility index (Phi) is 11.6. The number of amides is 2. The highest BCUT2D eigenvalue weighted by Crippen LogP contribution is 2.09. The number of carbonyl (C=O) groups excluding carboxylic acids is 2. The summed E-state index contributed by atoms with van der Waals surface area (Å²) in [5.74, 6) is 0.908. The molecule has 0 aromatic carbocycles. The van der Waals surface area contributed by atoms with Crippen LogP contribution in [0.25, 0.3) is 0 Å². The number of carbonyl (C=O) groups is 2. The Bertz CT molecular complexity index is 673. The highest BCUT2D eigenvalue weighted by molar-refractivity contribution is 14.0. The van der Waals surface area contributed by atoms with Gasteiger partial charge >= 0.3 is 0 Å². The molecule has 4 N–H and O–H groups in total. The molecule has 1 aliphatic heterocycles. The summed E-state index contributed by atoms with van der Waals surface area (Å²) in [5.41, 5.74) is 5.20. The summed E-state index contributed by atoms with van der Waals surface area (Å²) in [5, 5.41) is 6.11. The fourth-order valence-electron chi connectivity index (χ4n) is 2.84. The van der Waals surface area contributed by atoms with Crippen molar-refractivity contribution in [1.82, 2.24) is 20.4 Å². The first-order valence-corrected chi connectivity index (χ1v) is 9.43. The number of nitrogens with zero attached hydrogens (tertiary/aromatic N) is 3. The minimum Gasteiger partial charge on any atom is -0.454 e. The van der Waals surface area contributed by atoms with Gasteiger partial charge in [0.05, 0.1) is 13.2 Å². The number of guanidine groups is 1. The third-order valence-corrected chi connectivity index (χ3v) is 4.29. The van der Waals surface area contributed by atoms with Crippen LogP contribution < -0.4 is 16.4 Å². The van der Waals surface area contributed by atoms with E-state index in [0.29, 0.717) is 32.0 Å². The molecule has 10 nitrogen and oxygen atoms in total. The molecule has 0 aliphatic carbocycles. The molecule has 1 fully saturated rings. The summed E-state index contributed by atoms with van der Waals surface area (Å²) in [4.78, 5) is 31.9. The van der Waals surface area contributed by atoms with Gasteiger partial charge in [-0.2, -0.15) is 0 Å². The standard InChI is InChI=1S/C18H30N6O4.HI/c1-3-20-18(22-12-14-4-5-15(28-14)17(19)26)24-9-7-23(8-10-24)13-16(25)21-6-11-27-2;/h4-5H,3,6-13H2,1-2H3,(H2,19,26)(H,20,22)(H,21,25);1H. The van der Waals surface area contributed by atoms with Gasteiger partial charge in [-0.1, -0.05) is 0 Å². The van der Waals surface area contributed by atoms with E-state index in [0.717, 1.165) is 38.7 Å². The number of aliphatic imine (C=N–C) groups is 1. The van der Waals surface area contributed by atoms with Crippen molar-refractivity contribution in [3.05, 3.63) is 23.7 Å². The number of methoxy groups -OCH3 is 1. The molecule has 11 heteroatoms. The molecule has 0 bridgehead atoms. The van der Waals surface area contributed by atoms with Crippen LogP contribution in [0.2, 0.25) is 0 Å². The first-order valence-electron chi connectivity index (χ1n) is 9.43. The Morgan fingerprint density at radius 3 is 2.55 bits per heavy atom. The van der Waals surface area contributed by atoms with Gasteiger partial charge in [-0.25, -0.2) is 4.99 Å². The predicted octanol–water partition coefficient (Wildman–Crippen LogP) is -0.158.